The van der Waals surface area contributed by atoms with Crippen molar-refractivity contribution < 1.29 is 29.0 Å². The van der Waals surface area contributed by atoms with Gasteiger partial charge in [0.05, 0.1) is 50.9 Å². The van der Waals surface area contributed by atoms with E-state index < -0.39 is 23.6 Å². The van der Waals surface area contributed by atoms with Gasteiger partial charge in [0.25, 0.3) is 5.91 Å². The molecule has 4 fully saturated rings. The van der Waals surface area contributed by atoms with Gasteiger partial charge in [0.15, 0.2) is 0 Å². The standard InChI is InChI=1S/C55H70ClN9O6S/c1-32(34-12-14-35(15-13-34)46-33(2)59-31-72-46)60-49(69)44-23-41(66)29-65(44)50(70)47(53(3,4)5)61-45(67)30-64-39-19-20-40(64)28-63(27-39)22-10-11-38-18-16-37(26-58-38)48(68)62-51-54(6,7)52(55(51,8)9)71-42-21-17-36(25-57)43(56)24-42/h12-18,21,24,26,31-32,39-41,44,47,51-52,66H,10-11,19-20,22-23,27-30H2,1-9H3,(H,60,69)(H,61,67)(H,62,68)/t32-,39?,40?,41+,44-,47+,51-,52-/m0/s1. The number of nitriles is 1. The van der Waals surface area contributed by atoms with E-state index in [4.69, 9.17) is 16.3 Å². The summed E-state index contributed by atoms with van der Waals surface area (Å²) >= 11 is 7.85. The van der Waals surface area contributed by atoms with Gasteiger partial charge in [-0.15, -0.1) is 11.3 Å². The van der Waals surface area contributed by atoms with Gasteiger partial charge < -0.3 is 35.6 Å². The number of thiazole rings is 1. The molecule has 15 nitrogen and oxygen atoms in total. The SMILES string of the molecule is Cc1ncsc1-c1ccc([C@H](C)NC(=O)[C@@H]2C[C@@H](O)CN2C(=O)[C@@H](NC(=O)CN2C3CCC2CN(CCCc2ccc(C(=O)N[C@H]4C(C)(C)[C@H](Oc5ccc(C#N)c(Cl)c5)C4(C)C)cn2)C3)C(C)(C)C)cc1. The van der Waals surface area contributed by atoms with Crippen LogP contribution in [0, 0.1) is 34.5 Å². The van der Waals surface area contributed by atoms with Crippen molar-refractivity contribution in [2.24, 2.45) is 16.2 Å². The Morgan fingerprint density at radius 1 is 0.972 bits per heavy atom. The Hall–Kier alpha value is -5.44. The number of nitrogens with one attached hydrogen (secondary N) is 3. The van der Waals surface area contributed by atoms with Gasteiger partial charge in [-0.2, -0.15) is 5.26 Å². The number of benzene rings is 2. The Morgan fingerprint density at radius 3 is 2.26 bits per heavy atom. The smallest absolute Gasteiger partial charge is 0.253 e. The van der Waals surface area contributed by atoms with Crippen molar-refractivity contribution in [3.63, 3.8) is 0 Å². The minimum Gasteiger partial charge on any atom is -0.489 e. The van der Waals surface area contributed by atoms with Crippen LogP contribution in [-0.2, 0) is 20.8 Å². The second-order valence-electron chi connectivity index (χ2n) is 22.6. The molecule has 8 rings (SSSR count). The lowest BCUT2D eigenvalue weighted by atomic mass is 9.49. The van der Waals surface area contributed by atoms with Crippen LogP contribution in [0.4, 0.5) is 0 Å². The number of aryl methyl sites for hydroxylation is 2. The van der Waals surface area contributed by atoms with Crippen molar-refractivity contribution in [3.8, 4) is 22.3 Å². The molecule has 2 unspecified atom stereocenters. The molecule has 2 aromatic carbocycles. The first-order valence-corrected chi connectivity index (χ1v) is 26.5. The number of likely N-dealkylation sites (tertiary alicyclic amines) is 2. The number of halogens is 1. The van der Waals surface area contributed by atoms with Gasteiger partial charge >= 0.3 is 0 Å². The highest BCUT2D eigenvalue weighted by Gasteiger charge is 2.64. The number of carbonyl (C=O) groups excluding carboxylic acids is 4. The van der Waals surface area contributed by atoms with Gasteiger partial charge in [-0.3, -0.25) is 29.1 Å². The largest absolute Gasteiger partial charge is 0.489 e. The lowest BCUT2D eigenvalue weighted by Crippen LogP contribution is -2.74. The van der Waals surface area contributed by atoms with Gasteiger partial charge in [0.2, 0.25) is 17.7 Å². The average Bonchev–Trinajstić information content (AvgIpc) is 4.01. The number of β-amino-alcohol motifs (C(OH)–C–C–N with tert-alkyl or cyclic N) is 1. The first kappa shape index (κ1) is 52.9. The highest BCUT2D eigenvalue weighted by molar-refractivity contribution is 7.13. The van der Waals surface area contributed by atoms with Crippen LogP contribution >= 0.6 is 22.9 Å². The van der Waals surface area contributed by atoms with Crippen molar-refractivity contribution >= 4 is 46.6 Å². The molecule has 0 spiro atoms. The monoisotopic (exact) mass is 1020 g/mol. The summed E-state index contributed by atoms with van der Waals surface area (Å²) in [5.41, 5.74) is 5.13. The molecule has 2 aromatic heterocycles. The summed E-state index contributed by atoms with van der Waals surface area (Å²) in [4.78, 5) is 71.9. The molecular formula is C55H70ClN9O6S. The van der Waals surface area contributed by atoms with Crippen LogP contribution < -0.4 is 20.7 Å². The van der Waals surface area contributed by atoms with Crippen molar-refractivity contribution in [2.75, 3.05) is 32.7 Å². The number of aliphatic hydroxyl groups excluding tert-OH is 1. The van der Waals surface area contributed by atoms with Crippen LogP contribution in [-0.4, -0.2) is 129 Å². The number of pyridine rings is 1. The van der Waals surface area contributed by atoms with Crippen LogP contribution in [0.1, 0.15) is 120 Å². The number of fused-ring (bicyclic) bond motifs is 2. The third-order valence-electron chi connectivity index (χ3n) is 15.5. The summed E-state index contributed by atoms with van der Waals surface area (Å²) < 4.78 is 6.38. The molecule has 1 saturated carbocycles. The number of aliphatic hydroxyl groups is 1. The van der Waals surface area contributed by atoms with E-state index in [-0.39, 0.29) is 84.2 Å². The number of amides is 4. The summed E-state index contributed by atoms with van der Waals surface area (Å²) in [7, 11) is 0. The minimum absolute atomic E-state index is 0.0111. The van der Waals surface area contributed by atoms with Crippen LogP contribution in [0.3, 0.4) is 0 Å². The number of rotatable bonds is 16. The molecule has 2 bridgehead atoms. The van der Waals surface area contributed by atoms with Gasteiger partial charge in [0, 0.05) is 73.0 Å². The molecule has 4 amide bonds. The fourth-order valence-corrected chi connectivity index (χ4v) is 12.9. The molecule has 4 aliphatic rings. The van der Waals surface area contributed by atoms with Crippen LogP contribution in [0.2, 0.25) is 5.02 Å². The van der Waals surface area contributed by atoms with Crippen molar-refractivity contribution in [1.82, 2.24) is 40.6 Å². The molecule has 4 aromatic rings. The quantitative estimate of drug-likeness (QED) is 0.0895. The average molecular weight is 1020 g/mol. The van der Waals surface area contributed by atoms with Crippen molar-refractivity contribution in [2.45, 2.75) is 143 Å². The lowest BCUT2D eigenvalue weighted by Gasteiger charge is -2.63. The van der Waals surface area contributed by atoms with Crippen LogP contribution in [0.15, 0.2) is 66.3 Å². The molecule has 17 heteroatoms. The van der Waals surface area contributed by atoms with Gasteiger partial charge in [-0.05, 0) is 86.9 Å². The topological polar surface area (TPSA) is 193 Å². The zero-order valence-corrected chi connectivity index (χ0v) is 44.6. The molecule has 0 radical (unpaired) electrons. The third kappa shape index (κ3) is 11.2. The summed E-state index contributed by atoms with van der Waals surface area (Å²) in [6, 6.07) is 17.0. The van der Waals surface area contributed by atoms with Crippen LogP contribution in [0.25, 0.3) is 10.4 Å². The Balaban J connectivity index is 0.790. The summed E-state index contributed by atoms with van der Waals surface area (Å²) in [6.07, 6.45) is 4.34. The van der Waals surface area contributed by atoms with E-state index in [1.165, 1.54) is 4.90 Å². The molecule has 384 valence electrons. The Morgan fingerprint density at radius 2 is 1.67 bits per heavy atom. The number of hydrogen-bond acceptors (Lipinski definition) is 12. The number of piperazine rings is 1. The fraction of sp³-hybridized carbons (Fsp3) is 0.545. The Kier molecular flexibility index (Phi) is 15.6. The van der Waals surface area contributed by atoms with Crippen molar-refractivity contribution in [1.29, 1.82) is 5.26 Å². The molecular weight excluding hydrogens is 950 g/mol. The van der Waals surface area contributed by atoms with E-state index in [1.807, 2.05) is 76.5 Å². The maximum atomic E-state index is 14.4. The van der Waals surface area contributed by atoms with E-state index >= 15 is 0 Å². The molecule has 3 aliphatic heterocycles. The molecule has 5 heterocycles. The molecule has 72 heavy (non-hydrogen) atoms. The van der Waals surface area contributed by atoms with E-state index in [9.17, 15) is 29.5 Å². The highest BCUT2D eigenvalue weighted by Crippen LogP contribution is 2.55. The summed E-state index contributed by atoms with van der Waals surface area (Å²) in [5, 5.41) is 29.8. The molecule has 3 saturated heterocycles. The minimum atomic E-state index is -0.903. The summed E-state index contributed by atoms with van der Waals surface area (Å²) in [6.45, 7) is 20.7. The lowest BCUT2D eigenvalue weighted by molar-refractivity contribution is -0.164. The Bertz CT molecular complexity index is 2650. The van der Waals surface area contributed by atoms with Crippen LogP contribution in [0.5, 0.6) is 5.75 Å². The fourth-order valence-electron chi connectivity index (χ4n) is 11.9. The second kappa shape index (κ2) is 21.2. The molecule has 6 atom stereocenters. The van der Waals surface area contributed by atoms with E-state index in [1.54, 1.807) is 35.7 Å². The van der Waals surface area contributed by atoms with Gasteiger partial charge in [-0.1, -0.05) is 84.3 Å². The normalized spacial score (nSPS) is 24.4. The number of nitrogens with zero attached hydrogens (tertiary/aromatic N) is 6. The van der Waals surface area contributed by atoms with E-state index in [2.05, 4.69) is 69.5 Å². The molecule has 4 N–H and O–H groups in total. The predicted octanol–water partition coefficient (Wildman–Crippen LogP) is 7.10. The number of hydrogen-bond donors (Lipinski definition) is 4. The zero-order chi connectivity index (χ0) is 51.9. The zero-order valence-electron chi connectivity index (χ0n) is 43.0. The number of carbonyl (C=O) groups is 4. The first-order chi connectivity index (χ1) is 34.0. The van der Waals surface area contributed by atoms with Gasteiger partial charge in [0.1, 0.15) is 30.0 Å². The maximum absolute atomic E-state index is 14.4. The van der Waals surface area contributed by atoms with E-state index in [0.29, 0.717) is 21.9 Å². The molecule has 1 aliphatic carbocycles. The van der Waals surface area contributed by atoms with E-state index in [0.717, 1.165) is 72.7 Å². The predicted molar refractivity (Wildman–Crippen MR) is 278 cm³/mol. The summed E-state index contributed by atoms with van der Waals surface area (Å²) in [5.74, 6) is -0.551. The number of ether oxygens (including phenoxy) is 1. The highest BCUT2D eigenvalue weighted by atomic mass is 35.5. The van der Waals surface area contributed by atoms with Gasteiger partial charge in [-0.25, -0.2) is 4.98 Å². The van der Waals surface area contributed by atoms with Crippen molar-refractivity contribution in [3.05, 3.63) is 99.4 Å². The first-order valence-electron chi connectivity index (χ1n) is 25.2. The third-order valence-corrected chi connectivity index (χ3v) is 16.8. The Labute approximate surface area is 433 Å². The number of aromatic nitrogens is 2. The maximum Gasteiger partial charge on any atom is 0.253 e. The second-order valence-corrected chi connectivity index (χ2v) is 23.9.